The Bertz CT molecular complexity index is 449. The lowest BCUT2D eigenvalue weighted by Crippen LogP contribution is -2.46. The predicted octanol–water partition coefficient (Wildman–Crippen LogP) is 2.83. The minimum absolute atomic E-state index is 0.179. The van der Waals surface area contributed by atoms with Gasteiger partial charge in [-0.15, -0.1) is 6.58 Å². The highest BCUT2D eigenvalue weighted by Gasteiger charge is 2.32. The molecule has 0 bridgehead atoms. The first-order chi connectivity index (χ1) is 12.4. The Morgan fingerprint density at radius 1 is 1.35 bits per heavy atom. The summed E-state index contributed by atoms with van der Waals surface area (Å²) in [4.78, 5) is 16.6. The topological polar surface area (TPSA) is 55.8 Å². The van der Waals surface area contributed by atoms with Gasteiger partial charge in [0.1, 0.15) is 6.04 Å². The van der Waals surface area contributed by atoms with E-state index in [0.29, 0.717) is 18.0 Å². The van der Waals surface area contributed by atoms with Crippen molar-refractivity contribution in [3.63, 3.8) is 0 Å². The summed E-state index contributed by atoms with van der Waals surface area (Å²) in [5, 5.41) is 12.9. The van der Waals surface area contributed by atoms with Crippen LogP contribution in [0.2, 0.25) is 0 Å². The van der Waals surface area contributed by atoms with Crippen LogP contribution >= 0.6 is 0 Å². The summed E-state index contributed by atoms with van der Waals surface area (Å²) in [6.45, 7) is 12.5. The average Bonchev–Trinajstić information content (AvgIpc) is 3.06. The molecule has 2 fully saturated rings. The van der Waals surface area contributed by atoms with Gasteiger partial charge in [0.2, 0.25) is 0 Å². The first-order valence-corrected chi connectivity index (χ1v) is 10.5. The van der Waals surface area contributed by atoms with E-state index in [1.165, 1.54) is 38.9 Å². The summed E-state index contributed by atoms with van der Waals surface area (Å²) in [5.74, 6) is 0.188. The molecule has 1 saturated carbocycles. The van der Waals surface area contributed by atoms with Gasteiger partial charge in [0.15, 0.2) is 0 Å². The molecule has 0 aromatic heterocycles. The maximum atomic E-state index is 11.5. The average molecular weight is 366 g/mol. The summed E-state index contributed by atoms with van der Waals surface area (Å²) in [6.07, 6.45) is 8.83. The van der Waals surface area contributed by atoms with Crippen LogP contribution in [-0.2, 0) is 4.79 Å². The van der Waals surface area contributed by atoms with Crippen molar-refractivity contribution >= 4 is 5.97 Å². The fourth-order valence-electron chi connectivity index (χ4n) is 4.62. The van der Waals surface area contributed by atoms with Crippen molar-refractivity contribution in [1.82, 2.24) is 15.1 Å². The van der Waals surface area contributed by atoms with Crippen molar-refractivity contribution in [3.8, 4) is 0 Å². The second kappa shape index (κ2) is 10.4. The number of nitrogens with zero attached hydrogens (tertiary/aromatic N) is 2. The van der Waals surface area contributed by atoms with Gasteiger partial charge < -0.3 is 15.3 Å². The lowest BCUT2D eigenvalue weighted by Gasteiger charge is -2.37. The summed E-state index contributed by atoms with van der Waals surface area (Å²) in [7, 11) is 2.20. The van der Waals surface area contributed by atoms with Crippen molar-refractivity contribution in [2.45, 2.75) is 70.5 Å². The summed E-state index contributed by atoms with van der Waals surface area (Å²) in [6, 6.07) is 0.653. The standard InChI is InChI=1S/C21H39N3O2/c1-5-11-23(4)19-9-12-24(13-10-19)15-17-7-8-18(14-17)22-20(21(25)26)16(3)6-2/h5,16-20,22H,1,6-15H2,2-4H3,(H,25,26)/t16?,17-,18?,20?/m1/s1. The van der Waals surface area contributed by atoms with Crippen LogP contribution in [0.5, 0.6) is 0 Å². The van der Waals surface area contributed by atoms with E-state index in [1.807, 2.05) is 13.0 Å². The molecule has 2 aliphatic rings. The maximum absolute atomic E-state index is 11.5. The smallest absolute Gasteiger partial charge is 0.320 e. The molecule has 1 heterocycles. The number of nitrogens with one attached hydrogen (secondary N) is 1. The molecule has 26 heavy (non-hydrogen) atoms. The van der Waals surface area contributed by atoms with Crippen LogP contribution in [0.4, 0.5) is 0 Å². The van der Waals surface area contributed by atoms with E-state index in [9.17, 15) is 9.90 Å². The number of hydrogen-bond donors (Lipinski definition) is 2. The molecule has 0 radical (unpaired) electrons. The Hall–Kier alpha value is -0.910. The van der Waals surface area contributed by atoms with E-state index in [4.69, 9.17) is 0 Å². The van der Waals surface area contributed by atoms with Crippen LogP contribution in [0.25, 0.3) is 0 Å². The van der Waals surface area contributed by atoms with E-state index in [-0.39, 0.29) is 5.92 Å². The fraction of sp³-hybridized carbons (Fsp3) is 0.857. The lowest BCUT2D eigenvalue weighted by atomic mass is 9.97. The van der Waals surface area contributed by atoms with Gasteiger partial charge in [-0.3, -0.25) is 9.69 Å². The molecular weight excluding hydrogens is 326 g/mol. The molecule has 2 N–H and O–H groups in total. The molecule has 0 amide bonds. The number of rotatable bonds is 10. The van der Waals surface area contributed by atoms with Gasteiger partial charge in [-0.2, -0.15) is 0 Å². The third-order valence-electron chi connectivity index (χ3n) is 6.55. The van der Waals surface area contributed by atoms with Gasteiger partial charge >= 0.3 is 5.97 Å². The molecule has 2 rings (SSSR count). The maximum Gasteiger partial charge on any atom is 0.320 e. The molecule has 0 aromatic carbocycles. The number of carbonyl (C=O) groups is 1. The monoisotopic (exact) mass is 365 g/mol. The van der Waals surface area contributed by atoms with Crippen molar-refractivity contribution in [1.29, 1.82) is 0 Å². The third-order valence-corrected chi connectivity index (χ3v) is 6.55. The Labute approximate surface area is 159 Å². The SMILES string of the molecule is C=CCN(C)C1CCN(C[C@@H]2CCC(NC(C(=O)O)C(C)CC)C2)CC1. The Morgan fingerprint density at radius 3 is 2.62 bits per heavy atom. The molecule has 5 nitrogen and oxygen atoms in total. The van der Waals surface area contributed by atoms with Crippen LogP contribution in [0.3, 0.4) is 0 Å². The van der Waals surface area contributed by atoms with Crippen molar-refractivity contribution in [3.05, 3.63) is 12.7 Å². The minimum atomic E-state index is -0.700. The van der Waals surface area contributed by atoms with E-state index in [1.54, 1.807) is 0 Å². The van der Waals surface area contributed by atoms with Gasteiger partial charge in [0.05, 0.1) is 0 Å². The second-order valence-corrected chi connectivity index (χ2v) is 8.50. The lowest BCUT2D eigenvalue weighted by molar-refractivity contribution is -0.141. The zero-order chi connectivity index (χ0) is 19.1. The van der Waals surface area contributed by atoms with Crippen LogP contribution < -0.4 is 5.32 Å². The molecule has 0 spiro atoms. The first kappa shape index (κ1) is 21.4. The predicted molar refractivity (Wildman–Crippen MR) is 107 cm³/mol. The fourth-order valence-corrected chi connectivity index (χ4v) is 4.62. The van der Waals surface area contributed by atoms with Crippen LogP contribution in [0.15, 0.2) is 12.7 Å². The Kier molecular flexibility index (Phi) is 8.58. The van der Waals surface area contributed by atoms with Crippen LogP contribution in [0, 0.1) is 11.8 Å². The van der Waals surface area contributed by atoms with E-state index >= 15 is 0 Å². The minimum Gasteiger partial charge on any atom is -0.480 e. The zero-order valence-corrected chi connectivity index (χ0v) is 17.0. The summed E-state index contributed by atoms with van der Waals surface area (Å²) < 4.78 is 0. The highest BCUT2D eigenvalue weighted by Crippen LogP contribution is 2.28. The van der Waals surface area contributed by atoms with Gasteiger partial charge in [0, 0.05) is 25.2 Å². The zero-order valence-electron chi connectivity index (χ0n) is 17.0. The van der Waals surface area contributed by atoms with E-state index < -0.39 is 12.0 Å². The first-order valence-electron chi connectivity index (χ1n) is 10.5. The largest absolute Gasteiger partial charge is 0.480 e. The molecular formula is C21H39N3O2. The summed E-state index contributed by atoms with van der Waals surface area (Å²) >= 11 is 0. The normalized spacial score (nSPS) is 27.5. The Balaban J connectivity index is 1.73. The van der Waals surface area contributed by atoms with Gasteiger partial charge in [-0.25, -0.2) is 0 Å². The molecule has 150 valence electrons. The number of hydrogen-bond acceptors (Lipinski definition) is 4. The molecule has 3 unspecified atom stereocenters. The van der Waals surface area contributed by atoms with Crippen molar-refractivity contribution in [2.24, 2.45) is 11.8 Å². The van der Waals surface area contributed by atoms with Gasteiger partial charge in [0.25, 0.3) is 0 Å². The van der Waals surface area contributed by atoms with Crippen LogP contribution in [0.1, 0.15) is 52.4 Å². The molecule has 1 aliphatic heterocycles. The number of likely N-dealkylation sites (tertiary alicyclic amines) is 1. The quantitative estimate of drug-likeness (QED) is 0.583. The number of carboxylic acid groups (broad SMARTS) is 1. The third kappa shape index (κ3) is 6.07. The summed E-state index contributed by atoms with van der Waals surface area (Å²) in [5.41, 5.74) is 0. The van der Waals surface area contributed by atoms with Crippen molar-refractivity contribution in [2.75, 3.05) is 33.2 Å². The number of likely N-dealkylation sites (N-methyl/N-ethyl adjacent to an activating group) is 1. The number of piperidine rings is 1. The van der Waals surface area contributed by atoms with Crippen molar-refractivity contribution < 1.29 is 9.90 Å². The molecule has 1 aliphatic carbocycles. The highest BCUT2D eigenvalue weighted by atomic mass is 16.4. The highest BCUT2D eigenvalue weighted by molar-refractivity contribution is 5.73. The molecule has 5 heteroatoms. The van der Waals surface area contributed by atoms with E-state index in [2.05, 4.69) is 35.7 Å². The van der Waals surface area contributed by atoms with Gasteiger partial charge in [-0.05, 0) is 64.1 Å². The molecule has 0 aromatic rings. The van der Waals surface area contributed by atoms with Crippen LogP contribution in [-0.4, -0.2) is 72.2 Å². The molecule has 4 atom stereocenters. The Morgan fingerprint density at radius 2 is 2.04 bits per heavy atom. The van der Waals surface area contributed by atoms with Gasteiger partial charge in [-0.1, -0.05) is 26.3 Å². The second-order valence-electron chi connectivity index (χ2n) is 8.50. The number of aliphatic carboxylic acids is 1. The number of carboxylic acids is 1. The van der Waals surface area contributed by atoms with E-state index in [0.717, 1.165) is 25.8 Å². The molecule has 1 saturated heterocycles.